The van der Waals surface area contributed by atoms with Gasteiger partial charge in [0.05, 0.1) is 6.61 Å². The molecule has 0 aliphatic heterocycles. The third-order valence-electron chi connectivity index (χ3n) is 3.46. The summed E-state index contributed by atoms with van der Waals surface area (Å²) in [6, 6.07) is 0. The van der Waals surface area contributed by atoms with Crippen molar-refractivity contribution < 1.29 is 9.53 Å². The van der Waals surface area contributed by atoms with Crippen molar-refractivity contribution in [1.82, 2.24) is 0 Å². The smallest absolute Gasteiger partial charge is 0.302 e. The van der Waals surface area contributed by atoms with Gasteiger partial charge < -0.3 is 4.74 Å². The molecule has 0 aromatic rings. The Balaban J connectivity index is 3.02. The summed E-state index contributed by atoms with van der Waals surface area (Å²) < 4.78 is 4.90. The van der Waals surface area contributed by atoms with Gasteiger partial charge in [-0.25, -0.2) is 0 Å². The van der Waals surface area contributed by atoms with Crippen molar-refractivity contribution >= 4 is 5.97 Å². The van der Waals surface area contributed by atoms with E-state index in [1.165, 1.54) is 77.6 Å². The Kier molecular flexibility index (Phi) is 15.6. The highest BCUT2D eigenvalue weighted by atomic mass is 16.5. The van der Waals surface area contributed by atoms with Crippen molar-refractivity contribution in [3.8, 4) is 0 Å². The molecular formula is C18H34O2. The third-order valence-corrected chi connectivity index (χ3v) is 3.46. The predicted octanol–water partition coefficient (Wildman–Crippen LogP) is 5.81. The van der Waals surface area contributed by atoms with Gasteiger partial charge in [-0.3, -0.25) is 4.79 Å². The lowest BCUT2D eigenvalue weighted by molar-refractivity contribution is -0.141. The summed E-state index contributed by atoms with van der Waals surface area (Å²) >= 11 is 0. The highest BCUT2D eigenvalue weighted by Crippen LogP contribution is 2.10. The van der Waals surface area contributed by atoms with Crippen LogP contribution >= 0.6 is 0 Å². The van der Waals surface area contributed by atoms with Crippen LogP contribution in [-0.2, 0) is 9.53 Å². The monoisotopic (exact) mass is 282 g/mol. The Labute approximate surface area is 126 Å². The van der Waals surface area contributed by atoms with E-state index < -0.39 is 0 Å². The van der Waals surface area contributed by atoms with E-state index in [0.29, 0.717) is 6.61 Å². The zero-order chi connectivity index (χ0) is 14.9. The zero-order valence-electron chi connectivity index (χ0n) is 13.7. The average Bonchev–Trinajstić information content (AvgIpc) is 2.43. The molecule has 0 amide bonds. The molecule has 0 unspecified atom stereocenters. The lowest BCUT2D eigenvalue weighted by Gasteiger charge is -2.02. The fourth-order valence-electron chi connectivity index (χ4n) is 2.20. The standard InChI is InChI=1S/C18H34O2/c1-3-4-5-6-7-8-9-10-11-12-13-14-15-16-17-20-18(2)19/h6-7H,3-5,8-17H2,1-2H3/b7-6+. The maximum absolute atomic E-state index is 10.6. The van der Waals surface area contributed by atoms with Crippen LogP contribution in [0, 0.1) is 0 Å². The molecule has 0 aliphatic rings. The van der Waals surface area contributed by atoms with Crippen LogP contribution in [0.2, 0.25) is 0 Å². The molecule has 0 bridgehead atoms. The summed E-state index contributed by atoms with van der Waals surface area (Å²) in [6.45, 7) is 4.31. The lowest BCUT2D eigenvalue weighted by atomic mass is 10.1. The summed E-state index contributed by atoms with van der Waals surface area (Å²) in [4.78, 5) is 10.6. The third kappa shape index (κ3) is 17.2. The van der Waals surface area contributed by atoms with Gasteiger partial charge in [-0.2, -0.15) is 0 Å². The first kappa shape index (κ1) is 19.2. The second-order valence-electron chi connectivity index (χ2n) is 5.57. The molecular weight excluding hydrogens is 248 g/mol. The van der Waals surface area contributed by atoms with Gasteiger partial charge in [0.25, 0.3) is 0 Å². The van der Waals surface area contributed by atoms with Gasteiger partial charge in [-0.15, -0.1) is 0 Å². The normalized spacial score (nSPS) is 11.1. The van der Waals surface area contributed by atoms with E-state index in [1.54, 1.807) is 0 Å². The number of carbonyl (C=O) groups is 1. The topological polar surface area (TPSA) is 26.3 Å². The van der Waals surface area contributed by atoms with Crippen LogP contribution in [0.5, 0.6) is 0 Å². The molecule has 0 heterocycles. The molecule has 0 radical (unpaired) electrons. The number of hydrogen-bond acceptors (Lipinski definition) is 2. The summed E-state index contributed by atoms with van der Waals surface area (Å²) in [5.74, 6) is -0.159. The number of rotatable bonds is 14. The van der Waals surface area contributed by atoms with Crippen LogP contribution in [0.1, 0.15) is 90.9 Å². The maximum Gasteiger partial charge on any atom is 0.302 e. The Morgan fingerprint density at radius 1 is 0.800 bits per heavy atom. The van der Waals surface area contributed by atoms with Gasteiger partial charge in [0.2, 0.25) is 0 Å². The number of ether oxygens (including phenoxy) is 1. The second-order valence-corrected chi connectivity index (χ2v) is 5.57. The molecule has 0 fully saturated rings. The Morgan fingerprint density at radius 3 is 1.85 bits per heavy atom. The molecule has 0 spiro atoms. The summed E-state index contributed by atoms with van der Waals surface area (Å²) in [5.41, 5.74) is 0. The lowest BCUT2D eigenvalue weighted by Crippen LogP contribution is -2.00. The van der Waals surface area contributed by atoms with Crippen molar-refractivity contribution in [2.75, 3.05) is 6.61 Å². The molecule has 20 heavy (non-hydrogen) atoms. The zero-order valence-corrected chi connectivity index (χ0v) is 13.7. The van der Waals surface area contributed by atoms with Crippen molar-refractivity contribution in [3.05, 3.63) is 12.2 Å². The van der Waals surface area contributed by atoms with Gasteiger partial charge in [-0.1, -0.05) is 70.4 Å². The van der Waals surface area contributed by atoms with Crippen LogP contribution in [-0.4, -0.2) is 12.6 Å². The van der Waals surface area contributed by atoms with E-state index in [9.17, 15) is 4.79 Å². The quantitative estimate of drug-likeness (QED) is 0.228. The van der Waals surface area contributed by atoms with Crippen LogP contribution in [0.4, 0.5) is 0 Å². The molecule has 0 saturated carbocycles. The number of hydrogen-bond donors (Lipinski definition) is 0. The fourth-order valence-corrected chi connectivity index (χ4v) is 2.20. The highest BCUT2D eigenvalue weighted by molar-refractivity contribution is 5.65. The van der Waals surface area contributed by atoms with Gasteiger partial charge in [0, 0.05) is 6.92 Å². The van der Waals surface area contributed by atoms with Crippen LogP contribution in [0.3, 0.4) is 0 Å². The number of esters is 1. The van der Waals surface area contributed by atoms with Crippen molar-refractivity contribution in [3.63, 3.8) is 0 Å². The second kappa shape index (κ2) is 16.3. The van der Waals surface area contributed by atoms with Gasteiger partial charge in [0.1, 0.15) is 0 Å². The summed E-state index contributed by atoms with van der Waals surface area (Å²) in [7, 11) is 0. The highest BCUT2D eigenvalue weighted by Gasteiger charge is 1.94. The van der Waals surface area contributed by atoms with Crippen molar-refractivity contribution in [2.45, 2.75) is 90.9 Å². The minimum atomic E-state index is -0.159. The first-order chi connectivity index (χ1) is 9.77. The van der Waals surface area contributed by atoms with Crippen molar-refractivity contribution in [1.29, 1.82) is 0 Å². The maximum atomic E-state index is 10.6. The van der Waals surface area contributed by atoms with E-state index in [-0.39, 0.29) is 5.97 Å². The minimum absolute atomic E-state index is 0.159. The molecule has 0 atom stereocenters. The number of unbranched alkanes of at least 4 members (excludes halogenated alkanes) is 10. The molecule has 0 rings (SSSR count). The molecule has 0 N–H and O–H groups in total. The first-order valence-corrected chi connectivity index (χ1v) is 8.55. The van der Waals surface area contributed by atoms with E-state index in [2.05, 4.69) is 19.1 Å². The number of carbonyl (C=O) groups excluding carboxylic acids is 1. The molecule has 0 aromatic carbocycles. The predicted molar refractivity (Wildman–Crippen MR) is 86.9 cm³/mol. The first-order valence-electron chi connectivity index (χ1n) is 8.55. The summed E-state index contributed by atoms with van der Waals surface area (Å²) in [5, 5.41) is 0. The van der Waals surface area contributed by atoms with Crippen LogP contribution < -0.4 is 0 Å². The van der Waals surface area contributed by atoms with E-state index >= 15 is 0 Å². The van der Waals surface area contributed by atoms with Crippen molar-refractivity contribution in [2.24, 2.45) is 0 Å². The molecule has 2 heteroatoms. The molecule has 0 saturated heterocycles. The molecule has 2 nitrogen and oxygen atoms in total. The van der Waals surface area contributed by atoms with Gasteiger partial charge in [-0.05, 0) is 25.7 Å². The molecule has 118 valence electrons. The Bertz CT molecular complexity index is 234. The van der Waals surface area contributed by atoms with Gasteiger partial charge in [0.15, 0.2) is 0 Å². The Hall–Kier alpha value is -0.790. The minimum Gasteiger partial charge on any atom is -0.466 e. The van der Waals surface area contributed by atoms with Crippen LogP contribution in [0.15, 0.2) is 12.2 Å². The van der Waals surface area contributed by atoms with Crippen LogP contribution in [0.25, 0.3) is 0 Å². The number of allylic oxidation sites excluding steroid dienone is 2. The average molecular weight is 282 g/mol. The molecule has 0 aromatic heterocycles. The van der Waals surface area contributed by atoms with Gasteiger partial charge >= 0.3 is 5.97 Å². The SMILES string of the molecule is CCCC/C=C/CCCCCCCCCCOC(C)=O. The van der Waals surface area contributed by atoms with E-state index in [1.807, 2.05) is 0 Å². The molecule has 0 aliphatic carbocycles. The largest absolute Gasteiger partial charge is 0.466 e. The Morgan fingerprint density at radius 2 is 1.30 bits per heavy atom. The van der Waals surface area contributed by atoms with E-state index in [4.69, 9.17) is 4.74 Å². The van der Waals surface area contributed by atoms with E-state index in [0.717, 1.165) is 6.42 Å². The fraction of sp³-hybridized carbons (Fsp3) is 0.833. The summed E-state index contributed by atoms with van der Waals surface area (Å²) in [6.07, 6.45) is 20.1.